The van der Waals surface area contributed by atoms with Crippen LogP contribution in [0.25, 0.3) is 0 Å². The molecule has 1 fully saturated rings. The first-order valence-corrected chi connectivity index (χ1v) is 12.3. The van der Waals surface area contributed by atoms with Crippen molar-refractivity contribution in [2.75, 3.05) is 18.4 Å². The van der Waals surface area contributed by atoms with Gasteiger partial charge in [-0.1, -0.05) is 6.07 Å². The second-order valence-electron chi connectivity index (χ2n) is 8.38. The fourth-order valence-corrected chi connectivity index (χ4v) is 4.93. The van der Waals surface area contributed by atoms with E-state index in [1.165, 1.54) is 6.07 Å². The number of amides is 2. The zero-order valence-corrected chi connectivity index (χ0v) is 19.4. The predicted molar refractivity (Wildman–Crippen MR) is 122 cm³/mol. The molecular formula is C23H27N3O6S. The number of hydrogen-bond donors (Lipinski definition) is 3. The third-order valence-corrected chi connectivity index (χ3v) is 7.24. The van der Waals surface area contributed by atoms with Gasteiger partial charge in [-0.25, -0.2) is 13.1 Å². The highest BCUT2D eigenvalue weighted by atomic mass is 32.2. The lowest BCUT2D eigenvalue weighted by molar-refractivity contribution is -0.123. The number of ether oxygens (including phenoxy) is 2. The summed E-state index contributed by atoms with van der Waals surface area (Å²) in [5.41, 5.74) is 2.32. The first kappa shape index (κ1) is 23.1. The number of rotatable bonds is 7. The maximum Gasteiger partial charge on any atom is 0.251 e. The van der Waals surface area contributed by atoms with Crippen LogP contribution in [0.4, 0.5) is 5.69 Å². The van der Waals surface area contributed by atoms with Crippen molar-refractivity contribution in [1.82, 2.24) is 10.0 Å². The third kappa shape index (κ3) is 5.28. The van der Waals surface area contributed by atoms with E-state index in [1.807, 2.05) is 13.8 Å². The maximum atomic E-state index is 12.4. The van der Waals surface area contributed by atoms with Crippen molar-refractivity contribution in [1.29, 1.82) is 0 Å². The van der Waals surface area contributed by atoms with Crippen LogP contribution in [0.1, 0.15) is 36.8 Å². The van der Waals surface area contributed by atoms with Gasteiger partial charge >= 0.3 is 0 Å². The highest BCUT2D eigenvalue weighted by Gasteiger charge is 2.44. The number of aryl methyl sites for hydroxylation is 2. The fraction of sp³-hybridized carbons (Fsp3) is 0.391. The molecule has 0 radical (unpaired) electrons. The second-order valence-corrected chi connectivity index (χ2v) is 10.1. The molecule has 2 aliphatic rings. The molecule has 0 unspecified atom stereocenters. The highest BCUT2D eigenvalue weighted by Crippen LogP contribution is 2.47. The number of sulfonamides is 1. The van der Waals surface area contributed by atoms with E-state index < -0.39 is 34.2 Å². The molecule has 1 heterocycles. The molecule has 1 saturated carbocycles. The molecule has 2 aromatic rings. The zero-order chi connectivity index (χ0) is 23.6. The number of benzene rings is 2. The van der Waals surface area contributed by atoms with Gasteiger partial charge in [0.25, 0.3) is 5.79 Å². The van der Waals surface area contributed by atoms with Gasteiger partial charge in [0, 0.05) is 24.6 Å². The maximum absolute atomic E-state index is 12.4. The van der Waals surface area contributed by atoms with Gasteiger partial charge in [-0.2, -0.15) is 0 Å². The number of nitrogens with one attached hydrogen (secondary N) is 3. The minimum Gasteiger partial charge on any atom is -0.448 e. The smallest absolute Gasteiger partial charge is 0.251 e. The quantitative estimate of drug-likeness (QED) is 0.567. The molecule has 3 N–H and O–H groups in total. The number of carbonyl (C=O) groups is 2. The molecule has 0 bridgehead atoms. The van der Waals surface area contributed by atoms with E-state index in [2.05, 4.69) is 15.4 Å². The Balaban J connectivity index is 1.25. The van der Waals surface area contributed by atoms with Gasteiger partial charge in [0.1, 0.15) is 0 Å². The normalized spacial score (nSPS) is 16.1. The van der Waals surface area contributed by atoms with Crippen molar-refractivity contribution in [3.05, 3.63) is 47.5 Å². The summed E-state index contributed by atoms with van der Waals surface area (Å²) in [6.45, 7) is 2.91. The van der Waals surface area contributed by atoms with E-state index in [0.29, 0.717) is 17.2 Å². The molecule has 2 aromatic carbocycles. The van der Waals surface area contributed by atoms with Crippen LogP contribution in [0.3, 0.4) is 0 Å². The highest BCUT2D eigenvalue weighted by molar-refractivity contribution is 7.89. The molecule has 0 aromatic heterocycles. The molecule has 0 saturated heterocycles. The van der Waals surface area contributed by atoms with Gasteiger partial charge < -0.3 is 20.1 Å². The van der Waals surface area contributed by atoms with Crippen LogP contribution in [0.2, 0.25) is 0 Å². The lowest BCUT2D eigenvalue weighted by atomic mass is 10.1. The monoisotopic (exact) mass is 473 g/mol. The van der Waals surface area contributed by atoms with Crippen molar-refractivity contribution >= 4 is 27.5 Å². The van der Waals surface area contributed by atoms with Crippen molar-refractivity contribution in [2.24, 2.45) is 0 Å². The predicted octanol–water partition coefficient (Wildman–Crippen LogP) is 2.38. The molecule has 10 heteroatoms. The summed E-state index contributed by atoms with van der Waals surface area (Å²) >= 11 is 0. The van der Waals surface area contributed by atoms with Crippen molar-refractivity contribution in [2.45, 2.75) is 50.2 Å². The van der Waals surface area contributed by atoms with Crippen LogP contribution in [0.5, 0.6) is 11.5 Å². The van der Waals surface area contributed by atoms with Gasteiger partial charge in [0.15, 0.2) is 11.5 Å². The Morgan fingerprint density at radius 3 is 2.36 bits per heavy atom. The molecule has 2 amide bonds. The van der Waals surface area contributed by atoms with Gasteiger partial charge in [-0.3, -0.25) is 9.59 Å². The average molecular weight is 474 g/mol. The first-order chi connectivity index (χ1) is 15.7. The minimum atomic E-state index is -3.83. The van der Waals surface area contributed by atoms with Crippen LogP contribution < -0.4 is 24.8 Å². The molecule has 0 atom stereocenters. The number of hydrogen-bond acceptors (Lipinski definition) is 6. The third-order valence-electron chi connectivity index (χ3n) is 5.84. The number of carbonyl (C=O) groups excluding carboxylic acids is 2. The average Bonchev–Trinajstić information content (AvgIpc) is 3.38. The van der Waals surface area contributed by atoms with E-state index in [9.17, 15) is 18.0 Å². The number of anilines is 1. The number of fused-ring (bicyclic) bond motifs is 1. The summed E-state index contributed by atoms with van der Waals surface area (Å²) in [5.74, 6) is -0.413. The first-order valence-electron chi connectivity index (χ1n) is 10.8. The summed E-state index contributed by atoms with van der Waals surface area (Å²) < 4.78 is 38.9. The Bertz CT molecular complexity index is 1190. The van der Waals surface area contributed by atoms with E-state index in [1.54, 1.807) is 30.3 Å². The van der Waals surface area contributed by atoms with Gasteiger partial charge in [-0.15, -0.1) is 0 Å². The Labute approximate surface area is 192 Å². The van der Waals surface area contributed by atoms with Crippen LogP contribution in [0.15, 0.2) is 41.3 Å². The molecule has 4 rings (SSSR count). The van der Waals surface area contributed by atoms with E-state index in [0.717, 1.165) is 36.8 Å². The van der Waals surface area contributed by atoms with Crippen LogP contribution in [0, 0.1) is 13.8 Å². The summed E-state index contributed by atoms with van der Waals surface area (Å²) in [4.78, 5) is 24.3. The van der Waals surface area contributed by atoms with Crippen LogP contribution >= 0.6 is 0 Å². The van der Waals surface area contributed by atoms with E-state index in [4.69, 9.17) is 9.47 Å². The fourth-order valence-electron chi connectivity index (χ4n) is 3.86. The lowest BCUT2D eigenvalue weighted by Gasteiger charge is -2.21. The second kappa shape index (κ2) is 9.03. The molecule has 1 aliphatic carbocycles. The molecule has 9 nitrogen and oxygen atoms in total. The molecule has 33 heavy (non-hydrogen) atoms. The standard InChI is InChI=1S/C23H27N3O6S/c1-15-5-7-18(11-16(15)2)33(29,30)25-14-21(27)24-13-22(28)26-17-6-8-19-20(12-17)32-23(31-19)9-3-4-10-23/h5-8,11-12,25H,3-4,9-10,13-14H2,1-2H3,(H,24,27)(H,26,28). The Kier molecular flexibility index (Phi) is 6.31. The summed E-state index contributed by atoms with van der Waals surface area (Å²) in [7, 11) is -3.83. The Morgan fingerprint density at radius 2 is 1.64 bits per heavy atom. The van der Waals surface area contributed by atoms with E-state index >= 15 is 0 Å². The largest absolute Gasteiger partial charge is 0.448 e. The molecule has 1 aliphatic heterocycles. The van der Waals surface area contributed by atoms with Gasteiger partial charge in [0.2, 0.25) is 21.8 Å². The van der Waals surface area contributed by atoms with Crippen LogP contribution in [-0.4, -0.2) is 39.1 Å². The summed E-state index contributed by atoms with van der Waals surface area (Å²) in [5, 5.41) is 5.09. The van der Waals surface area contributed by atoms with Crippen molar-refractivity contribution < 1.29 is 27.5 Å². The lowest BCUT2D eigenvalue weighted by Crippen LogP contribution is -2.40. The molecule has 1 spiro atoms. The Hall–Kier alpha value is -3.11. The van der Waals surface area contributed by atoms with Crippen molar-refractivity contribution in [3.8, 4) is 11.5 Å². The SMILES string of the molecule is Cc1ccc(S(=O)(=O)NCC(=O)NCC(=O)Nc2ccc3c(c2)OC2(CCCC2)O3)cc1C. The molecule has 176 valence electrons. The minimum absolute atomic E-state index is 0.0818. The van der Waals surface area contributed by atoms with Gasteiger partial charge in [-0.05, 0) is 62.1 Å². The molecular weight excluding hydrogens is 446 g/mol. The summed E-state index contributed by atoms with van der Waals surface area (Å²) in [6, 6.07) is 9.88. The van der Waals surface area contributed by atoms with Crippen LogP contribution in [-0.2, 0) is 19.6 Å². The van der Waals surface area contributed by atoms with Crippen molar-refractivity contribution in [3.63, 3.8) is 0 Å². The topological polar surface area (TPSA) is 123 Å². The Morgan fingerprint density at radius 1 is 0.909 bits per heavy atom. The summed E-state index contributed by atoms with van der Waals surface area (Å²) in [6.07, 6.45) is 3.78. The zero-order valence-electron chi connectivity index (χ0n) is 18.6. The van der Waals surface area contributed by atoms with E-state index in [-0.39, 0.29) is 11.4 Å². The van der Waals surface area contributed by atoms with Gasteiger partial charge in [0.05, 0.1) is 18.0 Å².